The third-order valence-electron chi connectivity index (χ3n) is 3.96. The number of hydrogen-bond acceptors (Lipinski definition) is 6. The van der Waals surface area contributed by atoms with Crippen LogP contribution in [-0.4, -0.2) is 24.0 Å². The summed E-state index contributed by atoms with van der Waals surface area (Å²) in [5, 5.41) is 5.39. The highest BCUT2D eigenvalue weighted by atomic mass is 35.5. The predicted molar refractivity (Wildman–Crippen MR) is 111 cm³/mol. The lowest BCUT2D eigenvalue weighted by Crippen LogP contribution is -2.32. The number of furan rings is 1. The number of hydrazone groups is 1. The number of amides is 2. The minimum Gasteiger partial charge on any atom is -0.457 e. The summed E-state index contributed by atoms with van der Waals surface area (Å²) < 4.78 is 48.6. The van der Waals surface area contributed by atoms with Gasteiger partial charge in [-0.25, -0.2) is 10.2 Å². The predicted octanol–water partition coefficient (Wildman–Crippen LogP) is 4.26. The summed E-state index contributed by atoms with van der Waals surface area (Å²) in [7, 11) is 0. The zero-order chi connectivity index (χ0) is 24.0. The Balaban J connectivity index is 1.64. The molecule has 0 aliphatic carbocycles. The monoisotopic (exact) mass is 479 g/mol. The highest BCUT2D eigenvalue weighted by molar-refractivity contribution is 6.41. The van der Waals surface area contributed by atoms with Crippen LogP contribution in [0.3, 0.4) is 0 Å². The van der Waals surface area contributed by atoms with Crippen molar-refractivity contribution in [1.29, 1.82) is 0 Å². The van der Waals surface area contributed by atoms with E-state index in [1.807, 2.05) is 10.7 Å². The molecule has 1 aromatic heterocycles. The maximum Gasteiger partial charge on any atom is 0.416 e. The molecule has 0 saturated carbocycles. The van der Waals surface area contributed by atoms with Crippen LogP contribution in [0.4, 0.5) is 18.9 Å². The van der Waals surface area contributed by atoms with Crippen molar-refractivity contribution in [2.75, 3.05) is 5.32 Å². The molecule has 170 valence electrons. The van der Waals surface area contributed by atoms with Crippen molar-refractivity contribution in [3.8, 4) is 5.75 Å². The molecule has 0 aliphatic heterocycles. The molecule has 3 rings (SSSR count). The fourth-order valence-corrected chi connectivity index (χ4v) is 2.58. The third-order valence-corrected chi connectivity index (χ3v) is 4.29. The van der Waals surface area contributed by atoms with E-state index in [1.165, 1.54) is 30.5 Å². The molecule has 0 aliphatic rings. The lowest BCUT2D eigenvalue weighted by atomic mass is 10.2. The standard InChI is InChI=1S/C21H13ClF3N3O5/c22-14-8-7-13(21(23,24)25)10-15(14)27-18(29)19(30)28-26-11-12-4-1-2-5-16(12)33-20(31)17-6-3-9-32-17/h1-11H,(H,27,29)(H,28,30)/b26-11+. The second kappa shape index (κ2) is 10.0. The molecule has 0 fully saturated rings. The Morgan fingerprint density at radius 1 is 1.03 bits per heavy atom. The summed E-state index contributed by atoms with van der Waals surface area (Å²) in [5.41, 5.74) is 0.743. The largest absolute Gasteiger partial charge is 0.457 e. The summed E-state index contributed by atoms with van der Waals surface area (Å²) in [6.07, 6.45) is -2.26. The lowest BCUT2D eigenvalue weighted by Gasteiger charge is -2.11. The lowest BCUT2D eigenvalue weighted by molar-refractivity contribution is -0.137. The number of para-hydroxylation sites is 1. The van der Waals surface area contributed by atoms with Crippen LogP contribution in [0.1, 0.15) is 21.7 Å². The van der Waals surface area contributed by atoms with Crippen LogP contribution >= 0.6 is 11.6 Å². The van der Waals surface area contributed by atoms with Crippen molar-refractivity contribution in [2.24, 2.45) is 5.10 Å². The quantitative estimate of drug-likeness (QED) is 0.187. The molecule has 3 aromatic rings. The summed E-state index contributed by atoms with van der Waals surface area (Å²) in [4.78, 5) is 36.0. The van der Waals surface area contributed by atoms with Crippen LogP contribution in [0.25, 0.3) is 0 Å². The number of carbonyl (C=O) groups excluding carboxylic acids is 3. The molecule has 0 spiro atoms. The first-order valence-electron chi connectivity index (χ1n) is 9.01. The van der Waals surface area contributed by atoms with Crippen LogP contribution < -0.4 is 15.5 Å². The first kappa shape index (κ1) is 23.5. The van der Waals surface area contributed by atoms with Gasteiger partial charge >= 0.3 is 24.0 Å². The Morgan fingerprint density at radius 2 is 1.79 bits per heavy atom. The van der Waals surface area contributed by atoms with Crippen molar-refractivity contribution >= 4 is 41.3 Å². The minimum absolute atomic E-state index is 0.0278. The first-order chi connectivity index (χ1) is 15.6. The smallest absolute Gasteiger partial charge is 0.416 e. The van der Waals surface area contributed by atoms with Gasteiger partial charge in [-0.1, -0.05) is 23.7 Å². The van der Waals surface area contributed by atoms with E-state index in [4.69, 9.17) is 20.8 Å². The molecule has 0 atom stereocenters. The summed E-state index contributed by atoms with van der Waals surface area (Å²) in [6.45, 7) is 0. The average molecular weight is 480 g/mol. The molecular formula is C21H13ClF3N3O5. The van der Waals surface area contributed by atoms with Crippen molar-refractivity contribution < 1.29 is 36.7 Å². The Hall–Kier alpha value is -4.12. The van der Waals surface area contributed by atoms with Gasteiger partial charge in [0.25, 0.3) is 0 Å². The Morgan fingerprint density at radius 3 is 2.48 bits per heavy atom. The second-order valence-corrected chi connectivity index (χ2v) is 6.66. The number of alkyl halides is 3. The fraction of sp³-hybridized carbons (Fsp3) is 0.0476. The van der Waals surface area contributed by atoms with E-state index in [9.17, 15) is 27.6 Å². The van der Waals surface area contributed by atoms with Gasteiger partial charge in [-0.3, -0.25) is 9.59 Å². The number of halogens is 4. The fourth-order valence-electron chi connectivity index (χ4n) is 2.41. The molecule has 0 saturated heterocycles. The summed E-state index contributed by atoms with van der Waals surface area (Å²) in [5.74, 6) is -3.27. The van der Waals surface area contributed by atoms with Crippen LogP contribution in [0, 0.1) is 0 Å². The SMILES string of the molecule is O=C(N/N=C/c1ccccc1OC(=O)c1ccco1)C(=O)Nc1cc(C(F)(F)F)ccc1Cl. The number of ether oxygens (including phenoxy) is 1. The third kappa shape index (κ3) is 6.20. The summed E-state index contributed by atoms with van der Waals surface area (Å²) in [6, 6.07) is 11.4. The normalized spacial score (nSPS) is 11.3. The Kier molecular flexibility index (Phi) is 7.13. The van der Waals surface area contributed by atoms with Gasteiger partial charge in [0.05, 0.1) is 28.8 Å². The molecule has 1 heterocycles. The number of esters is 1. The van der Waals surface area contributed by atoms with E-state index >= 15 is 0 Å². The number of carbonyl (C=O) groups is 3. The number of benzene rings is 2. The molecule has 2 amide bonds. The molecule has 33 heavy (non-hydrogen) atoms. The number of hydrogen-bond donors (Lipinski definition) is 2. The van der Waals surface area contributed by atoms with Crippen LogP contribution in [0.5, 0.6) is 5.75 Å². The molecule has 2 aromatic carbocycles. The molecule has 8 nitrogen and oxygen atoms in total. The zero-order valence-corrected chi connectivity index (χ0v) is 17.1. The summed E-state index contributed by atoms with van der Waals surface area (Å²) >= 11 is 5.78. The van der Waals surface area contributed by atoms with Crippen LogP contribution in [0.2, 0.25) is 5.02 Å². The average Bonchev–Trinajstić information content (AvgIpc) is 3.30. The van der Waals surface area contributed by atoms with Crippen molar-refractivity contribution in [3.05, 3.63) is 82.8 Å². The number of nitrogens with zero attached hydrogens (tertiary/aromatic N) is 1. The van der Waals surface area contributed by atoms with Gasteiger partial charge < -0.3 is 14.5 Å². The highest BCUT2D eigenvalue weighted by Crippen LogP contribution is 2.33. The Labute approximate surface area is 189 Å². The van der Waals surface area contributed by atoms with Gasteiger partial charge in [0, 0.05) is 5.56 Å². The van der Waals surface area contributed by atoms with Crippen LogP contribution in [-0.2, 0) is 15.8 Å². The molecular weight excluding hydrogens is 467 g/mol. The van der Waals surface area contributed by atoms with E-state index in [1.54, 1.807) is 12.1 Å². The number of rotatable bonds is 5. The Bertz CT molecular complexity index is 1210. The highest BCUT2D eigenvalue weighted by Gasteiger charge is 2.31. The van der Waals surface area contributed by atoms with Gasteiger partial charge in [-0.15, -0.1) is 0 Å². The van der Waals surface area contributed by atoms with Crippen molar-refractivity contribution in [1.82, 2.24) is 5.43 Å². The molecule has 0 bridgehead atoms. The van der Waals surface area contributed by atoms with Gasteiger partial charge in [-0.05, 0) is 42.5 Å². The van der Waals surface area contributed by atoms with Gasteiger partial charge in [0.2, 0.25) is 5.76 Å². The molecule has 12 heteroatoms. The van der Waals surface area contributed by atoms with E-state index in [2.05, 4.69) is 5.10 Å². The van der Waals surface area contributed by atoms with E-state index in [-0.39, 0.29) is 22.1 Å². The van der Waals surface area contributed by atoms with E-state index in [0.29, 0.717) is 6.07 Å². The molecule has 0 radical (unpaired) electrons. The maximum atomic E-state index is 12.8. The maximum absolute atomic E-state index is 12.8. The number of nitrogens with one attached hydrogen (secondary N) is 2. The van der Waals surface area contributed by atoms with Crippen LogP contribution in [0.15, 0.2) is 70.4 Å². The van der Waals surface area contributed by atoms with Gasteiger partial charge in [0.1, 0.15) is 5.75 Å². The van der Waals surface area contributed by atoms with E-state index in [0.717, 1.165) is 18.3 Å². The number of anilines is 1. The topological polar surface area (TPSA) is 110 Å². The minimum atomic E-state index is -4.66. The van der Waals surface area contributed by atoms with E-state index < -0.39 is 35.2 Å². The van der Waals surface area contributed by atoms with Gasteiger partial charge in [0.15, 0.2) is 0 Å². The first-order valence-corrected chi connectivity index (χ1v) is 9.39. The second-order valence-electron chi connectivity index (χ2n) is 6.25. The van der Waals surface area contributed by atoms with Gasteiger partial charge in [-0.2, -0.15) is 18.3 Å². The zero-order valence-electron chi connectivity index (χ0n) is 16.4. The molecule has 0 unspecified atom stereocenters. The van der Waals surface area contributed by atoms with Crippen molar-refractivity contribution in [3.63, 3.8) is 0 Å². The molecule has 2 N–H and O–H groups in total. The van der Waals surface area contributed by atoms with Crippen molar-refractivity contribution in [2.45, 2.75) is 6.18 Å².